The third-order valence-corrected chi connectivity index (χ3v) is 6.51. The number of amides is 1. The van der Waals surface area contributed by atoms with Gasteiger partial charge in [0.1, 0.15) is 17.2 Å². The number of nitrogens with zero attached hydrogens (tertiary/aromatic N) is 2. The van der Waals surface area contributed by atoms with E-state index in [9.17, 15) is 18.0 Å². The van der Waals surface area contributed by atoms with Crippen molar-refractivity contribution in [2.24, 2.45) is 4.40 Å². The van der Waals surface area contributed by atoms with Crippen LogP contribution in [0.5, 0.6) is 0 Å². The topological polar surface area (TPSA) is 124 Å². The number of aromatic nitrogens is 1. The summed E-state index contributed by atoms with van der Waals surface area (Å²) < 4.78 is 39.5. The molecule has 190 valence electrons. The molecule has 1 aliphatic rings. The molecule has 1 aliphatic carbocycles. The van der Waals surface area contributed by atoms with Crippen LogP contribution in [0.1, 0.15) is 79.3 Å². The van der Waals surface area contributed by atoms with Gasteiger partial charge in [-0.05, 0) is 72.9 Å². The van der Waals surface area contributed by atoms with Crippen LogP contribution in [0.25, 0.3) is 0 Å². The number of hydrogen-bond donors (Lipinski definition) is 1. The van der Waals surface area contributed by atoms with Gasteiger partial charge in [-0.3, -0.25) is 4.98 Å². The van der Waals surface area contributed by atoms with Gasteiger partial charge in [0.05, 0.1) is 5.75 Å². The van der Waals surface area contributed by atoms with Crippen molar-refractivity contribution in [2.75, 3.05) is 5.75 Å². The predicted molar refractivity (Wildman–Crippen MR) is 130 cm³/mol. The molecule has 1 aromatic heterocycles. The summed E-state index contributed by atoms with van der Waals surface area (Å²) in [6.45, 7) is 10.2. The van der Waals surface area contributed by atoms with Crippen LogP contribution in [0.3, 0.4) is 0 Å². The van der Waals surface area contributed by atoms with Crippen molar-refractivity contribution in [3.8, 4) is 0 Å². The average Bonchev–Trinajstić information content (AvgIpc) is 2.64. The van der Waals surface area contributed by atoms with Crippen molar-refractivity contribution in [3.05, 3.63) is 30.1 Å². The molecule has 1 saturated carbocycles. The highest BCUT2D eigenvalue weighted by atomic mass is 32.2. The molecule has 0 bridgehead atoms. The predicted octanol–water partition coefficient (Wildman–Crippen LogP) is 3.92. The van der Waals surface area contributed by atoms with E-state index < -0.39 is 39.3 Å². The van der Waals surface area contributed by atoms with Crippen molar-refractivity contribution in [3.63, 3.8) is 0 Å². The number of ether oxygens (including phenoxy) is 2. The maximum atomic E-state index is 12.6. The van der Waals surface area contributed by atoms with Gasteiger partial charge < -0.3 is 14.8 Å². The van der Waals surface area contributed by atoms with Gasteiger partial charge in [0, 0.05) is 29.9 Å². The highest BCUT2D eigenvalue weighted by molar-refractivity contribution is 7.90. The molecule has 0 unspecified atom stereocenters. The van der Waals surface area contributed by atoms with Crippen LogP contribution in [0.4, 0.5) is 4.79 Å². The quantitative estimate of drug-likeness (QED) is 0.407. The molecule has 0 aromatic carbocycles. The van der Waals surface area contributed by atoms with E-state index in [1.807, 2.05) is 18.2 Å². The Bertz CT molecular complexity index is 974. The zero-order valence-electron chi connectivity index (χ0n) is 21.0. The number of carbonyl (C=O) groups excluding carboxylic acids is 2. The van der Waals surface area contributed by atoms with Gasteiger partial charge in [-0.25, -0.2) is 18.0 Å². The van der Waals surface area contributed by atoms with Crippen molar-refractivity contribution in [1.82, 2.24) is 10.3 Å². The highest BCUT2D eigenvalue weighted by Crippen LogP contribution is 2.45. The fourth-order valence-electron chi connectivity index (χ4n) is 3.59. The lowest BCUT2D eigenvalue weighted by Gasteiger charge is -2.41. The molecule has 1 atom stereocenters. The normalized spacial score (nSPS) is 17.0. The molecule has 0 aliphatic heterocycles. The molecule has 1 N–H and O–H groups in total. The van der Waals surface area contributed by atoms with Gasteiger partial charge in [0.15, 0.2) is 0 Å². The second-order valence-corrected chi connectivity index (χ2v) is 12.4. The van der Waals surface area contributed by atoms with E-state index in [4.69, 9.17) is 9.47 Å². The maximum Gasteiger partial charge on any atom is 0.408 e. The van der Waals surface area contributed by atoms with Crippen molar-refractivity contribution in [2.45, 2.75) is 96.3 Å². The van der Waals surface area contributed by atoms with Gasteiger partial charge >= 0.3 is 12.1 Å². The summed E-state index contributed by atoms with van der Waals surface area (Å²) in [5, 5.41) is 2.45. The first kappa shape index (κ1) is 27.8. The molecule has 0 spiro atoms. The smallest absolute Gasteiger partial charge is 0.408 e. The van der Waals surface area contributed by atoms with E-state index in [1.165, 1.54) is 0 Å². The monoisotopic (exact) mass is 495 g/mol. The molecule has 1 heterocycles. The van der Waals surface area contributed by atoms with Crippen LogP contribution < -0.4 is 5.32 Å². The summed E-state index contributed by atoms with van der Waals surface area (Å²) in [6, 6.07) is 4.54. The first-order valence-corrected chi connectivity index (χ1v) is 13.1. The number of pyridine rings is 1. The summed E-state index contributed by atoms with van der Waals surface area (Å²) in [6.07, 6.45) is 5.14. The fourth-order valence-corrected chi connectivity index (χ4v) is 4.66. The molecule has 0 radical (unpaired) electrons. The van der Waals surface area contributed by atoms with E-state index in [0.717, 1.165) is 31.2 Å². The van der Waals surface area contributed by atoms with Gasteiger partial charge in [0.25, 0.3) is 10.0 Å². The van der Waals surface area contributed by atoms with E-state index in [1.54, 1.807) is 47.7 Å². The van der Waals surface area contributed by atoms with Gasteiger partial charge in [-0.15, -0.1) is 0 Å². The molecule has 9 nitrogen and oxygen atoms in total. The number of sulfonamides is 1. The molecule has 10 heteroatoms. The molecule has 2 rings (SSSR count). The van der Waals surface area contributed by atoms with Crippen LogP contribution >= 0.6 is 0 Å². The minimum Gasteiger partial charge on any atom is -0.458 e. The summed E-state index contributed by atoms with van der Waals surface area (Å²) in [7, 11) is -3.77. The summed E-state index contributed by atoms with van der Waals surface area (Å²) >= 11 is 0. The van der Waals surface area contributed by atoms with Crippen LogP contribution in [-0.4, -0.2) is 54.7 Å². The molecule has 34 heavy (non-hydrogen) atoms. The Morgan fingerprint density at radius 2 is 1.79 bits per heavy atom. The zero-order valence-corrected chi connectivity index (χ0v) is 21.8. The van der Waals surface area contributed by atoms with Crippen LogP contribution in [-0.2, 0) is 29.7 Å². The Labute approximate surface area is 202 Å². The molecule has 0 saturated heterocycles. The molecule has 1 fully saturated rings. The number of hydrogen-bond acceptors (Lipinski definition) is 7. The molecular formula is C24H37N3O6S. The number of esters is 1. The average molecular weight is 496 g/mol. The van der Waals surface area contributed by atoms with Crippen LogP contribution in [0.2, 0.25) is 0 Å². The third-order valence-electron chi connectivity index (χ3n) is 5.32. The zero-order chi connectivity index (χ0) is 25.6. The first-order chi connectivity index (χ1) is 15.6. The minimum atomic E-state index is -3.77. The van der Waals surface area contributed by atoms with Crippen molar-refractivity contribution < 1.29 is 27.5 Å². The number of rotatable bonds is 9. The van der Waals surface area contributed by atoms with Crippen LogP contribution in [0.15, 0.2) is 28.8 Å². The summed E-state index contributed by atoms with van der Waals surface area (Å²) in [4.78, 5) is 29.2. The largest absolute Gasteiger partial charge is 0.458 e. The Kier molecular flexibility index (Phi) is 8.85. The summed E-state index contributed by atoms with van der Waals surface area (Å²) in [5.74, 6) is -0.831. The third kappa shape index (κ3) is 9.04. The number of nitrogens with one attached hydrogen (secondary N) is 1. The van der Waals surface area contributed by atoms with Crippen molar-refractivity contribution >= 4 is 28.3 Å². The fraction of sp³-hybridized carbons (Fsp3) is 0.667. The van der Waals surface area contributed by atoms with Crippen LogP contribution in [0, 0.1) is 0 Å². The Morgan fingerprint density at radius 1 is 1.15 bits per heavy atom. The van der Waals surface area contributed by atoms with E-state index >= 15 is 0 Å². The second-order valence-electron chi connectivity index (χ2n) is 10.6. The second kappa shape index (κ2) is 10.8. The van der Waals surface area contributed by atoms with Gasteiger partial charge in [-0.2, -0.15) is 4.40 Å². The van der Waals surface area contributed by atoms with E-state index in [-0.39, 0.29) is 17.6 Å². The minimum absolute atomic E-state index is 0.128. The molecule has 1 aromatic rings. The molecular weight excluding hydrogens is 458 g/mol. The van der Waals surface area contributed by atoms with Crippen molar-refractivity contribution in [1.29, 1.82) is 0 Å². The lowest BCUT2D eigenvalue weighted by Crippen LogP contribution is -2.46. The van der Waals surface area contributed by atoms with E-state index in [0.29, 0.717) is 6.42 Å². The standard InChI is InChI=1S/C24H37N3O6S/c1-22(2,3)32-20(28)18(27-21(29)33-23(4,5)6)11-16-26-34(30,31)17-14-24(12-9-13-24)19-10-7-8-15-25-19/h7-8,10,15-16,18H,9,11-14,17H2,1-6H3,(H,27,29)/t18-/m0/s1. The van der Waals surface area contributed by atoms with Gasteiger partial charge in [0.2, 0.25) is 0 Å². The van der Waals surface area contributed by atoms with Gasteiger partial charge in [-0.1, -0.05) is 12.5 Å². The lowest BCUT2D eigenvalue weighted by atomic mass is 9.65. The van der Waals surface area contributed by atoms with E-state index in [2.05, 4.69) is 14.7 Å². The Hall–Kier alpha value is -2.49. The SMILES string of the molecule is CC(C)(C)OC(=O)N[C@@H](CC=NS(=O)(=O)CCC1(c2ccccn2)CCC1)C(=O)OC(C)(C)C. The molecule has 1 amide bonds. The maximum absolute atomic E-state index is 12.6. The number of carbonyl (C=O) groups is 2. The highest BCUT2D eigenvalue weighted by Gasteiger charge is 2.40. The Balaban J connectivity index is 2.03. The number of alkyl carbamates (subject to hydrolysis) is 1. The summed E-state index contributed by atoms with van der Waals surface area (Å²) in [5.41, 5.74) is -0.866. The Morgan fingerprint density at radius 3 is 2.29 bits per heavy atom. The lowest BCUT2D eigenvalue weighted by molar-refractivity contribution is -0.157. The first-order valence-electron chi connectivity index (χ1n) is 11.5.